The van der Waals surface area contributed by atoms with Crippen LogP contribution in [0.1, 0.15) is 45.7 Å². The van der Waals surface area contributed by atoms with Crippen molar-refractivity contribution in [1.82, 2.24) is 5.32 Å². The van der Waals surface area contributed by atoms with Crippen LogP contribution in [-0.4, -0.2) is 11.8 Å². The number of hydrogen-bond acceptors (Lipinski definition) is 2. The molecule has 0 saturated carbocycles. The van der Waals surface area contributed by atoms with Gasteiger partial charge in [-0.1, -0.05) is 62.7 Å². The van der Waals surface area contributed by atoms with Crippen molar-refractivity contribution in [3.05, 3.63) is 64.7 Å². The Kier molecular flexibility index (Phi) is 6.32. The first-order chi connectivity index (χ1) is 12.5. The zero-order valence-electron chi connectivity index (χ0n) is 16.5. The lowest BCUT2D eigenvalue weighted by atomic mass is 9.85. The van der Waals surface area contributed by atoms with E-state index in [1.165, 1.54) is 0 Å². The number of amides is 2. The first kappa shape index (κ1) is 21.0. The fourth-order valence-corrected chi connectivity index (χ4v) is 2.76. The fourth-order valence-electron chi connectivity index (χ4n) is 2.63. The van der Waals surface area contributed by atoms with Crippen LogP contribution in [0.3, 0.4) is 0 Å². The third-order valence-corrected chi connectivity index (χ3v) is 4.74. The zero-order valence-corrected chi connectivity index (χ0v) is 17.3. The average molecular weight is 387 g/mol. The Balaban J connectivity index is 2.08. The van der Waals surface area contributed by atoms with Crippen LogP contribution >= 0.6 is 11.6 Å². The van der Waals surface area contributed by atoms with Gasteiger partial charge in [0.25, 0.3) is 0 Å². The van der Waals surface area contributed by atoms with Crippen molar-refractivity contribution in [3.8, 4) is 0 Å². The summed E-state index contributed by atoms with van der Waals surface area (Å²) in [6.45, 7) is 9.84. The number of nitrogens with one attached hydrogen (secondary N) is 2. The van der Waals surface area contributed by atoms with Gasteiger partial charge in [0.05, 0.1) is 0 Å². The van der Waals surface area contributed by atoms with Gasteiger partial charge in [-0.25, -0.2) is 0 Å². The number of carbonyl (C=O) groups excluding carboxylic acids is 2. The van der Waals surface area contributed by atoms with Crippen LogP contribution in [0.4, 0.5) is 5.69 Å². The fraction of sp³-hybridized carbons (Fsp3) is 0.364. The summed E-state index contributed by atoms with van der Waals surface area (Å²) >= 11 is 5.87. The van der Waals surface area contributed by atoms with Crippen molar-refractivity contribution >= 4 is 29.1 Å². The second-order valence-corrected chi connectivity index (χ2v) is 8.62. The summed E-state index contributed by atoms with van der Waals surface area (Å²) in [4.78, 5) is 25.4. The third kappa shape index (κ3) is 5.33. The van der Waals surface area contributed by atoms with Crippen LogP contribution < -0.4 is 10.6 Å². The molecule has 2 aromatic carbocycles. The van der Waals surface area contributed by atoms with E-state index in [0.29, 0.717) is 11.6 Å². The molecule has 27 heavy (non-hydrogen) atoms. The number of anilines is 1. The second kappa shape index (κ2) is 8.13. The molecule has 4 nitrogen and oxygen atoms in total. The van der Waals surface area contributed by atoms with Gasteiger partial charge in [0, 0.05) is 17.3 Å². The van der Waals surface area contributed by atoms with Crippen LogP contribution in [0.15, 0.2) is 48.5 Å². The summed E-state index contributed by atoms with van der Waals surface area (Å²) in [5.74, 6) is -0.670. The van der Waals surface area contributed by atoms with Crippen molar-refractivity contribution in [2.75, 3.05) is 5.32 Å². The second-order valence-electron chi connectivity index (χ2n) is 8.18. The Bertz CT molecular complexity index is 821. The standard InChI is InChI=1S/C22H27ClN2O2/c1-21(2,3)17-8-6-7-9-18(17)25-20(27)22(4,5)19(26)24-14-15-10-12-16(23)13-11-15/h6-13H,14H2,1-5H3,(H,24,26)(H,25,27). The number of rotatable bonds is 5. The Hall–Kier alpha value is -2.33. The lowest BCUT2D eigenvalue weighted by molar-refractivity contribution is -0.138. The van der Waals surface area contributed by atoms with E-state index in [0.717, 1.165) is 16.8 Å². The van der Waals surface area contributed by atoms with Crippen molar-refractivity contribution < 1.29 is 9.59 Å². The summed E-state index contributed by atoms with van der Waals surface area (Å²) in [7, 11) is 0. The largest absolute Gasteiger partial charge is 0.351 e. The van der Waals surface area contributed by atoms with Crippen LogP contribution in [0.25, 0.3) is 0 Å². The molecular weight excluding hydrogens is 360 g/mol. The normalized spacial score (nSPS) is 11.8. The van der Waals surface area contributed by atoms with E-state index in [1.807, 2.05) is 36.4 Å². The van der Waals surface area contributed by atoms with Gasteiger partial charge < -0.3 is 10.6 Å². The van der Waals surface area contributed by atoms with Crippen LogP contribution in [0.5, 0.6) is 0 Å². The highest BCUT2D eigenvalue weighted by Gasteiger charge is 2.36. The lowest BCUT2D eigenvalue weighted by Crippen LogP contribution is -2.45. The average Bonchev–Trinajstić information content (AvgIpc) is 2.60. The summed E-state index contributed by atoms with van der Waals surface area (Å²) in [5.41, 5.74) is 1.34. The monoisotopic (exact) mass is 386 g/mol. The topological polar surface area (TPSA) is 58.2 Å². The molecule has 0 unspecified atom stereocenters. The molecular formula is C22H27ClN2O2. The van der Waals surface area contributed by atoms with E-state index in [4.69, 9.17) is 11.6 Å². The molecule has 5 heteroatoms. The van der Waals surface area contributed by atoms with Crippen LogP contribution in [-0.2, 0) is 21.5 Å². The third-order valence-electron chi connectivity index (χ3n) is 4.48. The number of benzene rings is 2. The number of hydrogen-bond donors (Lipinski definition) is 2. The van der Waals surface area contributed by atoms with E-state index in [1.54, 1.807) is 26.0 Å². The van der Waals surface area contributed by atoms with Crippen molar-refractivity contribution in [2.45, 2.75) is 46.6 Å². The predicted molar refractivity (Wildman–Crippen MR) is 111 cm³/mol. The van der Waals surface area contributed by atoms with Crippen LogP contribution in [0, 0.1) is 5.41 Å². The molecule has 0 radical (unpaired) electrons. The van der Waals surface area contributed by atoms with E-state index in [9.17, 15) is 9.59 Å². The molecule has 2 amide bonds. The SMILES string of the molecule is CC(C)(C(=O)NCc1ccc(Cl)cc1)C(=O)Nc1ccccc1C(C)(C)C. The molecule has 144 valence electrons. The lowest BCUT2D eigenvalue weighted by Gasteiger charge is -2.26. The maximum atomic E-state index is 12.8. The molecule has 0 atom stereocenters. The molecule has 0 aliphatic heterocycles. The molecule has 2 aromatic rings. The Morgan fingerprint density at radius 2 is 1.48 bits per heavy atom. The van der Waals surface area contributed by atoms with Gasteiger partial charge in [-0.05, 0) is 48.6 Å². The quantitative estimate of drug-likeness (QED) is 0.716. The van der Waals surface area contributed by atoms with Crippen molar-refractivity contribution in [3.63, 3.8) is 0 Å². The van der Waals surface area contributed by atoms with Gasteiger partial charge >= 0.3 is 0 Å². The highest BCUT2D eigenvalue weighted by atomic mass is 35.5. The summed E-state index contributed by atoms with van der Waals surface area (Å²) in [6, 6.07) is 14.9. The van der Waals surface area contributed by atoms with E-state index < -0.39 is 5.41 Å². The summed E-state index contributed by atoms with van der Waals surface area (Å²) in [5, 5.41) is 6.40. The van der Waals surface area contributed by atoms with Gasteiger partial charge in [0.15, 0.2) is 0 Å². The zero-order chi connectivity index (χ0) is 20.2. The minimum Gasteiger partial charge on any atom is -0.351 e. The highest BCUT2D eigenvalue weighted by Crippen LogP contribution is 2.30. The number of para-hydroxylation sites is 1. The van der Waals surface area contributed by atoms with Crippen molar-refractivity contribution in [1.29, 1.82) is 0 Å². The van der Waals surface area contributed by atoms with Gasteiger partial charge in [0.1, 0.15) is 5.41 Å². The molecule has 2 N–H and O–H groups in total. The highest BCUT2D eigenvalue weighted by molar-refractivity contribution is 6.30. The molecule has 0 aliphatic carbocycles. The molecule has 0 bridgehead atoms. The minimum atomic E-state index is -1.21. The van der Waals surface area contributed by atoms with Crippen molar-refractivity contribution in [2.24, 2.45) is 5.41 Å². The smallest absolute Gasteiger partial charge is 0.239 e. The number of carbonyl (C=O) groups is 2. The molecule has 0 heterocycles. The number of halogens is 1. The van der Waals surface area contributed by atoms with Gasteiger partial charge in [-0.2, -0.15) is 0 Å². The van der Waals surface area contributed by atoms with Crippen LogP contribution in [0.2, 0.25) is 5.02 Å². The van der Waals surface area contributed by atoms with Gasteiger partial charge in [-0.3, -0.25) is 9.59 Å². The molecule has 2 rings (SSSR count). The maximum Gasteiger partial charge on any atom is 0.239 e. The molecule has 0 spiro atoms. The Morgan fingerprint density at radius 3 is 2.07 bits per heavy atom. The Labute approximate surface area is 166 Å². The maximum absolute atomic E-state index is 12.8. The summed E-state index contributed by atoms with van der Waals surface area (Å²) < 4.78 is 0. The molecule has 0 fully saturated rings. The molecule has 0 aliphatic rings. The minimum absolute atomic E-state index is 0.120. The summed E-state index contributed by atoms with van der Waals surface area (Å²) in [6.07, 6.45) is 0. The molecule has 0 saturated heterocycles. The molecule has 0 aromatic heterocycles. The predicted octanol–water partition coefficient (Wildman–Crippen LogP) is 4.92. The van der Waals surface area contributed by atoms with E-state index in [-0.39, 0.29) is 17.2 Å². The van der Waals surface area contributed by atoms with E-state index >= 15 is 0 Å². The van der Waals surface area contributed by atoms with E-state index in [2.05, 4.69) is 31.4 Å². The van der Waals surface area contributed by atoms with Gasteiger partial charge in [0.2, 0.25) is 11.8 Å². The first-order valence-corrected chi connectivity index (χ1v) is 9.33. The Morgan fingerprint density at radius 1 is 0.889 bits per heavy atom. The van der Waals surface area contributed by atoms with Gasteiger partial charge in [-0.15, -0.1) is 0 Å². The first-order valence-electron chi connectivity index (χ1n) is 8.95.